The highest BCUT2D eigenvalue weighted by molar-refractivity contribution is 7.89. The number of halogens is 1. The van der Waals surface area contributed by atoms with E-state index in [1.165, 1.54) is 22.5 Å². The number of sulfonamides is 1. The molecule has 1 N–H and O–H groups in total. The molecule has 0 spiro atoms. The molecule has 3 aromatic rings. The summed E-state index contributed by atoms with van der Waals surface area (Å²) >= 11 is 6.26. The molecule has 3 aromatic carbocycles. The van der Waals surface area contributed by atoms with Crippen molar-refractivity contribution in [3.63, 3.8) is 0 Å². The summed E-state index contributed by atoms with van der Waals surface area (Å²) in [5, 5.41) is 3.02. The standard InChI is InChI=1S/C25H26ClN3O3S/c1-2-19-7-6-8-20(17-19)27-25(30)23-18-22(11-12-24(23)26)33(31,32)29-15-13-28(14-16-29)21-9-4-3-5-10-21/h3-12,17-18H,2,13-16H2,1H3,(H,27,30). The van der Waals surface area contributed by atoms with E-state index >= 15 is 0 Å². The van der Waals surface area contributed by atoms with Crippen LogP contribution < -0.4 is 10.2 Å². The Morgan fingerprint density at radius 3 is 2.36 bits per heavy atom. The van der Waals surface area contributed by atoms with Gasteiger partial charge in [-0.3, -0.25) is 4.79 Å². The normalized spacial score (nSPS) is 14.8. The van der Waals surface area contributed by atoms with E-state index in [0.717, 1.165) is 17.7 Å². The topological polar surface area (TPSA) is 69.7 Å². The molecule has 8 heteroatoms. The van der Waals surface area contributed by atoms with Gasteiger partial charge in [0.05, 0.1) is 15.5 Å². The van der Waals surface area contributed by atoms with E-state index in [4.69, 9.17) is 11.6 Å². The Morgan fingerprint density at radius 1 is 0.939 bits per heavy atom. The molecule has 172 valence electrons. The average Bonchev–Trinajstić information content (AvgIpc) is 2.85. The third-order valence-electron chi connectivity index (χ3n) is 5.77. The van der Waals surface area contributed by atoms with E-state index in [1.807, 2.05) is 55.5 Å². The van der Waals surface area contributed by atoms with Gasteiger partial charge in [-0.05, 0) is 54.4 Å². The second kappa shape index (κ2) is 9.95. The number of hydrogen-bond acceptors (Lipinski definition) is 4. The van der Waals surface area contributed by atoms with Crippen molar-refractivity contribution in [2.45, 2.75) is 18.2 Å². The number of amides is 1. The number of rotatable bonds is 6. The summed E-state index contributed by atoms with van der Waals surface area (Å²) in [5.74, 6) is -0.445. The van der Waals surface area contributed by atoms with Crippen molar-refractivity contribution in [2.24, 2.45) is 0 Å². The van der Waals surface area contributed by atoms with Gasteiger partial charge in [0.15, 0.2) is 0 Å². The van der Waals surface area contributed by atoms with Crippen LogP contribution >= 0.6 is 11.6 Å². The maximum Gasteiger partial charge on any atom is 0.257 e. The maximum absolute atomic E-state index is 13.3. The van der Waals surface area contributed by atoms with Crippen LogP contribution in [0.15, 0.2) is 77.7 Å². The first kappa shape index (κ1) is 23.3. The molecule has 0 aromatic heterocycles. The van der Waals surface area contributed by atoms with Crippen LogP contribution in [0, 0.1) is 0 Å². The SMILES string of the molecule is CCc1cccc(NC(=O)c2cc(S(=O)(=O)N3CCN(c4ccccc4)CC3)ccc2Cl)c1. The van der Waals surface area contributed by atoms with Gasteiger partial charge in [0, 0.05) is 37.6 Å². The number of nitrogens with one attached hydrogen (secondary N) is 1. The molecule has 1 fully saturated rings. The Labute approximate surface area is 199 Å². The molecular formula is C25H26ClN3O3S. The fraction of sp³-hybridized carbons (Fsp3) is 0.240. The fourth-order valence-corrected chi connectivity index (χ4v) is 5.53. The summed E-state index contributed by atoms with van der Waals surface area (Å²) in [5.41, 5.74) is 2.93. The average molecular weight is 484 g/mol. The minimum atomic E-state index is -3.76. The van der Waals surface area contributed by atoms with Crippen LogP contribution in [0.5, 0.6) is 0 Å². The zero-order valence-corrected chi connectivity index (χ0v) is 19.9. The van der Waals surface area contributed by atoms with E-state index in [-0.39, 0.29) is 15.5 Å². The number of para-hydroxylation sites is 1. The Hall–Kier alpha value is -2.87. The highest BCUT2D eigenvalue weighted by Crippen LogP contribution is 2.26. The van der Waals surface area contributed by atoms with E-state index in [1.54, 1.807) is 6.07 Å². The van der Waals surface area contributed by atoms with Crippen molar-refractivity contribution in [2.75, 3.05) is 36.4 Å². The first-order chi connectivity index (χ1) is 15.9. The van der Waals surface area contributed by atoms with Gasteiger partial charge in [-0.1, -0.05) is 48.9 Å². The lowest BCUT2D eigenvalue weighted by Crippen LogP contribution is -2.48. The van der Waals surface area contributed by atoms with Gasteiger partial charge >= 0.3 is 0 Å². The summed E-state index contributed by atoms with van der Waals surface area (Å²) in [6.07, 6.45) is 0.843. The van der Waals surface area contributed by atoms with Crippen molar-refractivity contribution < 1.29 is 13.2 Å². The summed E-state index contributed by atoms with van der Waals surface area (Å²) in [6.45, 7) is 3.96. The first-order valence-corrected chi connectivity index (χ1v) is 12.7. The van der Waals surface area contributed by atoms with E-state index in [9.17, 15) is 13.2 Å². The lowest BCUT2D eigenvalue weighted by Gasteiger charge is -2.35. The van der Waals surface area contributed by atoms with E-state index in [2.05, 4.69) is 10.2 Å². The maximum atomic E-state index is 13.3. The molecule has 33 heavy (non-hydrogen) atoms. The third kappa shape index (κ3) is 5.21. The number of piperazine rings is 1. The molecule has 6 nitrogen and oxygen atoms in total. The van der Waals surface area contributed by atoms with Crippen molar-refractivity contribution in [3.05, 3.63) is 88.9 Å². The van der Waals surface area contributed by atoms with Crippen LogP contribution in [0.4, 0.5) is 11.4 Å². The Balaban J connectivity index is 1.51. The summed E-state index contributed by atoms with van der Waals surface area (Å²) in [6, 6.07) is 21.7. The van der Waals surface area contributed by atoms with Crippen molar-refractivity contribution in [1.82, 2.24) is 4.31 Å². The summed E-state index contributed by atoms with van der Waals surface area (Å²) < 4.78 is 28.0. The minimum absolute atomic E-state index is 0.0625. The number of carbonyl (C=O) groups is 1. The monoisotopic (exact) mass is 483 g/mol. The van der Waals surface area contributed by atoms with E-state index in [0.29, 0.717) is 31.9 Å². The predicted molar refractivity (Wildman–Crippen MR) is 133 cm³/mol. The quantitative estimate of drug-likeness (QED) is 0.553. The first-order valence-electron chi connectivity index (χ1n) is 10.9. The second-order valence-corrected chi connectivity index (χ2v) is 10.2. The smallest absolute Gasteiger partial charge is 0.257 e. The van der Waals surface area contributed by atoms with E-state index < -0.39 is 15.9 Å². The largest absolute Gasteiger partial charge is 0.369 e. The highest BCUT2D eigenvalue weighted by Gasteiger charge is 2.29. The number of benzene rings is 3. The Bertz CT molecular complexity index is 1240. The van der Waals surface area contributed by atoms with Crippen LogP contribution in [0.1, 0.15) is 22.8 Å². The molecule has 1 amide bonds. The summed E-state index contributed by atoms with van der Waals surface area (Å²) in [7, 11) is -3.76. The number of carbonyl (C=O) groups excluding carboxylic acids is 1. The molecule has 0 unspecified atom stereocenters. The van der Waals surface area contributed by atoms with Gasteiger partial charge in [0.2, 0.25) is 10.0 Å². The van der Waals surface area contributed by atoms with Gasteiger partial charge in [-0.15, -0.1) is 0 Å². The van der Waals surface area contributed by atoms with Crippen LogP contribution in [0.2, 0.25) is 5.02 Å². The van der Waals surface area contributed by atoms with Gasteiger partial charge in [-0.25, -0.2) is 8.42 Å². The molecule has 0 radical (unpaired) electrons. The second-order valence-electron chi connectivity index (χ2n) is 7.88. The minimum Gasteiger partial charge on any atom is -0.369 e. The van der Waals surface area contributed by atoms with Gasteiger partial charge in [-0.2, -0.15) is 4.31 Å². The molecule has 0 bridgehead atoms. The van der Waals surface area contributed by atoms with Crippen LogP contribution in [-0.2, 0) is 16.4 Å². The summed E-state index contributed by atoms with van der Waals surface area (Å²) in [4.78, 5) is 15.1. The number of aryl methyl sites for hydroxylation is 1. The molecule has 1 saturated heterocycles. The molecule has 1 aliphatic rings. The molecule has 4 rings (SSSR count). The number of nitrogens with zero attached hydrogens (tertiary/aromatic N) is 2. The lowest BCUT2D eigenvalue weighted by molar-refractivity contribution is 0.102. The Kier molecular flexibility index (Phi) is 7.02. The number of hydrogen-bond donors (Lipinski definition) is 1. The van der Waals surface area contributed by atoms with Gasteiger partial charge < -0.3 is 10.2 Å². The zero-order chi connectivity index (χ0) is 23.4. The van der Waals surface area contributed by atoms with Gasteiger partial charge in [0.25, 0.3) is 5.91 Å². The van der Waals surface area contributed by atoms with Crippen LogP contribution in [0.25, 0.3) is 0 Å². The lowest BCUT2D eigenvalue weighted by atomic mass is 10.1. The van der Waals surface area contributed by atoms with Crippen LogP contribution in [0.3, 0.4) is 0 Å². The molecule has 0 atom stereocenters. The molecule has 1 heterocycles. The van der Waals surface area contributed by atoms with Crippen molar-refractivity contribution >= 4 is 38.9 Å². The fourth-order valence-electron chi connectivity index (χ4n) is 3.88. The molecule has 0 saturated carbocycles. The third-order valence-corrected chi connectivity index (χ3v) is 8.00. The van der Waals surface area contributed by atoms with Crippen molar-refractivity contribution in [3.8, 4) is 0 Å². The molecular weight excluding hydrogens is 458 g/mol. The molecule has 0 aliphatic carbocycles. The number of anilines is 2. The molecule has 1 aliphatic heterocycles. The Morgan fingerprint density at radius 2 is 1.67 bits per heavy atom. The zero-order valence-electron chi connectivity index (χ0n) is 18.4. The van der Waals surface area contributed by atoms with Crippen LogP contribution in [-0.4, -0.2) is 44.8 Å². The van der Waals surface area contributed by atoms with Crippen molar-refractivity contribution in [1.29, 1.82) is 0 Å². The predicted octanol–water partition coefficient (Wildman–Crippen LogP) is 4.67. The highest BCUT2D eigenvalue weighted by atomic mass is 35.5. The van der Waals surface area contributed by atoms with Gasteiger partial charge in [0.1, 0.15) is 0 Å².